The van der Waals surface area contributed by atoms with E-state index in [0.717, 1.165) is 12.0 Å². The smallest absolute Gasteiger partial charge is 0.344 e. The zero-order chi connectivity index (χ0) is 12.7. The summed E-state index contributed by atoms with van der Waals surface area (Å²) in [7, 11) is 0. The number of hydrogen-bond acceptors (Lipinski definition) is 3. The van der Waals surface area contributed by atoms with Crippen molar-refractivity contribution >= 4 is 5.97 Å². The maximum Gasteiger partial charge on any atom is 0.344 e. The van der Waals surface area contributed by atoms with Gasteiger partial charge in [-0.2, -0.15) is 0 Å². The number of para-hydroxylation sites is 1. The molecular formula is C14H18O3. The molecule has 3 nitrogen and oxygen atoms in total. The summed E-state index contributed by atoms with van der Waals surface area (Å²) in [6.45, 7) is 7.24. The minimum Gasteiger partial charge on any atom is -0.482 e. The number of carbonyl (C=O) groups excluding carboxylic acids is 1. The molecule has 0 radical (unpaired) electrons. The number of benzene rings is 1. The van der Waals surface area contributed by atoms with Crippen LogP contribution < -0.4 is 4.74 Å². The molecule has 0 heterocycles. The highest BCUT2D eigenvalue weighted by Gasteiger charge is 2.08. The van der Waals surface area contributed by atoms with Gasteiger partial charge in [0, 0.05) is 0 Å². The number of hydrogen-bond donors (Lipinski definition) is 0. The van der Waals surface area contributed by atoms with Crippen LogP contribution in [0.3, 0.4) is 0 Å². The summed E-state index contributed by atoms with van der Waals surface area (Å²) in [6, 6.07) is 7.58. The van der Waals surface area contributed by atoms with Gasteiger partial charge in [-0.05, 0) is 31.9 Å². The third-order valence-electron chi connectivity index (χ3n) is 2.05. The lowest BCUT2D eigenvalue weighted by molar-refractivity contribution is -0.149. The molecule has 0 aliphatic rings. The summed E-state index contributed by atoms with van der Waals surface area (Å²) in [6.07, 6.45) is 2.40. The fourth-order valence-electron chi connectivity index (χ4n) is 1.40. The molecule has 0 fully saturated rings. The molecule has 1 rings (SSSR count). The summed E-state index contributed by atoms with van der Waals surface area (Å²) >= 11 is 0. The maximum atomic E-state index is 11.3. The molecule has 0 aromatic heterocycles. The largest absolute Gasteiger partial charge is 0.482 e. The number of allylic oxidation sites excluding steroid dienone is 1. The molecule has 0 spiro atoms. The first-order chi connectivity index (χ1) is 8.13. The maximum absolute atomic E-state index is 11.3. The van der Waals surface area contributed by atoms with E-state index < -0.39 is 0 Å². The zero-order valence-electron chi connectivity index (χ0n) is 10.3. The lowest BCUT2D eigenvalue weighted by Crippen LogP contribution is -2.19. The minimum absolute atomic E-state index is 0.0632. The van der Waals surface area contributed by atoms with Crippen molar-refractivity contribution in [3.8, 4) is 5.75 Å². The van der Waals surface area contributed by atoms with Crippen molar-refractivity contribution in [3.63, 3.8) is 0 Å². The first-order valence-electron chi connectivity index (χ1n) is 5.64. The molecule has 0 saturated heterocycles. The topological polar surface area (TPSA) is 35.5 Å². The van der Waals surface area contributed by atoms with Crippen LogP contribution in [0.2, 0.25) is 0 Å². The van der Waals surface area contributed by atoms with Crippen LogP contribution in [0.4, 0.5) is 0 Å². The average molecular weight is 234 g/mol. The van der Waals surface area contributed by atoms with Gasteiger partial charge in [-0.25, -0.2) is 4.79 Å². The second kappa shape index (κ2) is 6.74. The van der Waals surface area contributed by atoms with Gasteiger partial charge in [0.15, 0.2) is 6.61 Å². The van der Waals surface area contributed by atoms with E-state index in [0.29, 0.717) is 5.75 Å². The molecule has 0 unspecified atom stereocenters. The van der Waals surface area contributed by atoms with Gasteiger partial charge >= 0.3 is 5.97 Å². The van der Waals surface area contributed by atoms with Crippen molar-refractivity contribution in [2.75, 3.05) is 6.61 Å². The van der Waals surface area contributed by atoms with Crippen LogP contribution in [0.15, 0.2) is 36.9 Å². The van der Waals surface area contributed by atoms with Crippen molar-refractivity contribution in [2.45, 2.75) is 26.4 Å². The minimum atomic E-state index is -0.353. The molecule has 0 aliphatic carbocycles. The summed E-state index contributed by atoms with van der Waals surface area (Å²) in [5.41, 5.74) is 1.01. The van der Waals surface area contributed by atoms with E-state index >= 15 is 0 Å². The molecule has 0 atom stereocenters. The van der Waals surface area contributed by atoms with E-state index in [1.807, 2.05) is 38.1 Å². The van der Waals surface area contributed by atoms with Crippen molar-refractivity contribution in [3.05, 3.63) is 42.5 Å². The van der Waals surface area contributed by atoms with Gasteiger partial charge in [-0.15, -0.1) is 6.58 Å². The lowest BCUT2D eigenvalue weighted by atomic mass is 10.1. The normalized spacial score (nSPS) is 10.1. The Labute approximate surface area is 102 Å². The van der Waals surface area contributed by atoms with Gasteiger partial charge in [0.25, 0.3) is 0 Å². The highest BCUT2D eigenvalue weighted by Crippen LogP contribution is 2.18. The quantitative estimate of drug-likeness (QED) is 0.561. The number of ether oxygens (including phenoxy) is 2. The van der Waals surface area contributed by atoms with Gasteiger partial charge in [0.2, 0.25) is 0 Å². The molecule has 92 valence electrons. The van der Waals surface area contributed by atoms with E-state index in [1.54, 1.807) is 6.08 Å². The Morgan fingerprint density at radius 1 is 1.41 bits per heavy atom. The van der Waals surface area contributed by atoms with E-state index in [1.165, 1.54) is 0 Å². The van der Waals surface area contributed by atoms with Crippen LogP contribution in [-0.2, 0) is 16.0 Å². The van der Waals surface area contributed by atoms with Crippen LogP contribution in [-0.4, -0.2) is 18.7 Å². The highest BCUT2D eigenvalue weighted by molar-refractivity contribution is 5.71. The lowest BCUT2D eigenvalue weighted by Gasteiger charge is -2.11. The number of carbonyl (C=O) groups is 1. The van der Waals surface area contributed by atoms with Crippen molar-refractivity contribution in [1.82, 2.24) is 0 Å². The Morgan fingerprint density at radius 3 is 2.76 bits per heavy atom. The van der Waals surface area contributed by atoms with Crippen molar-refractivity contribution in [1.29, 1.82) is 0 Å². The molecule has 0 bridgehead atoms. The monoisotopic (exact) mass is 234 g/mol. The summed E-state index contributed by atoms with van der Waals surface area (Å²) in [4.78, 5) is 11.3. The molecule has 0 N–H and O–H groups in total. The van der Waals surface area contributed by atoms with Crippen LogP contribution >= 0.6 is 0 Å². The summed E-state index contributed by atoms with van der Waals surface area (Å²) in [5.74, 6) is 0.349. The standard InChI is InChI=1S/C14H18O3/c1-4-7-12-8-5-6-9-13(12)16-10-14(15)17-11(2)3/h4-6,8-9,11H,1,7,10H2,2-3H3. The van der Waals surface area contributed by atoms with Crippen LogP contribution in [0.1, 0.15) is 19.4 Å². The predicted octanol–water partition coefficient (Wildman–Crippen LogP) is 2.75. The van der Waals surface area contributed by atoms with Gasteiger partial charge < -0.3 is 9.47 Å². The molecule has 1 aromatic carbocycles. The summed E-state index contributed by atoms with van der Waals surface area (Å²) in [5, 5.41) is 0. The van der Waals surface area contributed by atoms with Crippen LogP contribution in [0.25, 0.3) is 0 Å². The molecule has 0 saturated carbocycles. The van der Waals surface area contributed by atoms with Crippen molar-refractivity contribution in [2.24, 2.45) is 0 Å². The van der Waals surface area contributed by atoms with Gasteiger partial charge in [0.05, 0.1) is 6.10 Å². The Kier molecular flexibility index (Phi) is 5.27. The Balaban J connectivity index is 2.56. The average Bonchev–Trinajstić information content (AvgIpc) is 2.27. The van der Waals surface area contributed by atoms with Crippen LogP contribution in [0.5, 0.6) is 5.75 Å². The van der Waals surface area contributed by atoms with E-state index in [2.05, 4.69) is 6.58 Å². The number of esters is 1. The Bertz CT molecular complexity index is 383. The molecule has 1 aromatic rings. The van der Waals surface area contributed by atoms with Gasteiger partial charge in [-0.1, -0.05) is 24.3 Å². The molecule has 0 aliphatic heterocycles. The molecule has 17 heavy (non-hydrogen) atoms. The third-order valence-corrected chi connectivity index (χ3v) is 2.05. The second-order valence-corrected chi connectivity index (χ2v) is 3.93. The van der Waals surface area contributed by atoms with Crippen molar-refractivity contribution < 1.29 is 14.3 Å². The number of rotatable bonds is 6. The zero-order valence-corrected chi connectivity index (χ0v) is 10.3. The molecular weight excluding hydrogens is 216 g/mol. The van der Waals surface area contributed by atoms with Gasteiger partial charge in [-0.3, -0.25) is 0 Å². The van der Waals surface area contributed by atoms with Gasteiger partial charge in [0.1, 0.15) is 5.75 Å². The van der Waals surface area contributed by atoms with E-state index in [4.69, 9.17) is 9.47 Å². The molecule has 0 amide bonds. The van der Waals surface area contributed by atoms with Crippen LogP contribution in [0, 0.1) is 0 Å². The Morgan fingerprint density at radius 2 is 2.12 bits per heavy atom. The predicted molar refractivity (Wildman–Crippen MR) is 67.1 cm³/mol. The SMILES string of the molecule is C=CCc1ccccc1OCC(=O)OC(C)C. The fourth-order valence-corrected chi connectivity index (χ4v) is 1.40. The third kappa shape index (κ3) is 4.72. The fraction of sp³-hybridized carbons (Fsp3) is 0.357. The Hall–Kier alpha value is -1.77. The van der Waals surface area contributed by atoms with E-state index in [9.17, 15) is 4.79 Å². The summed E-state index contributed by atoms with van der Waals surface area (Å²) < 4.78 is 10.4. The second-order valence-electron chi connectivity index (χ2n) is 3.93. The first kappa shape index (κ1) is 13.3. The molecule has 3 heteroatoms. The highest BCUT2D eigenvalue weighted by atomic mass is 16.6. The van der Waals surface area contributed by atoms with E-state index in [-0.39, 0.29) is 18.7 Å². The first-order valence-corrected chi connectivity index (χ1v) is 5.64.